The molecule has 5 heteroatoms. The standard InChI is InChI=1S/C20H26FN3O/c1-15(2)20-22-10-17(11-23-20)13-24(14-19-4-3-9-25-19)12-16-5-7-18(21)8-6-16/h5-8,10-11,15,19H,3-4,9,12-14H2,1-2H3/t19-/m1/s1. The van der Waals surface area contributed by atoms with E-state index in [1.54, 1.807) is 0 Å². The van der Waals surface area contributed by atoms with Crippen LogP contribution in [0.2, 0.25) is 0 Å². The second-order valence-corrected chi connectivity index (χ2v) is 7.04. The molecule has 1 aliphatic heterocycles. The molecule has 0 unspecified atom stereocenters. The molecule has 2 aromatic rings. The van der Waals surface area contributed by atoms with E-state index in [1.807, 2.05) is 24.5 Å². The average Bonchev–Trinajstić information content (AvgIpc) is 3.10. The van der Waals surface area contributed by atoms with E-state index in [9.17, 15) is 4.39 Å². The smallest absolute Gasteiger partial charge is 0.130 e. The van der Waals surface area contributed by atoms with Crippen LogP contribution < -0.4 is 0 Å². The monoisotopic (exact) mass is 343 g/mol. The number of hydrogen-bond donors (Lipinski definition) is 0. The summed E-state index contributed by atoms with van der Waals surface area (Å²) in [7, 11) is 0. The highest BCUT2D eigenvalue weighted by atomic mass is 19.1. The van der Waals surface area contributed by atoms with Crippen LogP contribution in [0.15, 0.2) is 36.7 Å². The first-order valence-electron chi connectivity index (χ1n) is 8.99. The van der Waals surface area contributed by atoms with Crippen LogP contribution in [0.3, 0.4) is 0 Å². The fraction of sp³-hybridized carbons (Fsp3) is 0.500. The summed E-state index contributed by atoms with van der Waals surface area (Å²) in [6.45, 7) is 7.41. The van der Waals surface area contributed by atoms with Crippen LogP contribution in [0.25, 0.3) is 0 Å². The van der Waals surface area contributed by atoms with Crippen molar-refractivity contribution >= 4 is 0 Å². The maximum Gasteiger partial charge on any atom is 0.130 e. The number of nitrogens with zero attached hydrogens (tertiary/aromatic N) is 3. The Bertz CT molecular complexity index is 652. The normalized spacial score (nSPS) is 17.6. The van der Waals surface area contributed by atoms with Crippen molar-refractivity contribution in [2.45, 2.75) is 51.8 Å². The Hall–Kier alpha value is -1.85. The van der Waals surface area contributed by atoms with Gasteiger partial charge in [-0.1, -0.05) is 26.0 Å². The van der Waals surface area contributed by atoms with Crippen molar-refractivity contribution in [3.05, 3.63) is 59.4 Å². The van der Waals surface area contributed by atoms with Crippen LogP contribution in [0.5, 0.6) is 0 Å². The van der Waals surface area contributed by atoms with E-state index in [0.29, 0.717) is 5.92 Å². The molecule has 1 aromatic carbocycles. The Morgan fingerprint density at radius 2 is 1.80 bits per heavy atom. The fourth-order valence-corrected chi connectivity index (χ4v) is 3.11. The van der Waals surface area contributed by atoms with Gasteiger partial charge in [-0.3, -0.25) is 4.90 Å². The van der Waals surface area contributed by atoms with Crippen molar-refractivity contribution in [2.75, 3.05) is 13.2 Å². The molecule has 0 radical (unpaired) electrons. The zero-order valence-electron chi connectivity index (χ0n) is 15.0. The minimum atomic E-state index is -0.202. The third kappa shape index (κ3) is 5.31. The first kappa shape index (κ1) is 18.0. The van der Waals surface area contributed by atoms with E-state index >= 15 is 0 Å². The van der Waals surface area contributed by atoms with Gasteiger partial charge >= 0.3 is 0 Å². The molecule has 25 heavy (non-hydrogen) atoms. The first-order valence-corrected chi connectivity index (χ1v) is 8.99. The van der Waals surface area contributed by atoms with Gasteiger partial charge in [0.25, 0.3) is 0 Å². The SMILES string of the molecule is CC(C)c1ncc(CN(Cc2ccc(F)cc2)C[C@H]2CCCO2)cn1. The number of halogens is 1. The second-order valence-electron chi connectivity index (χ2n) is 7.04. The summed E-state index contributed by atoms with van der Waals surface area (Å²) in [4.78, 5) is 11.3. The second kappa shape index (κ2) is 8.50. The molecule has 0 spiro atoms. The molecular weight excluding hydrogens is 317 g/mol. The van der Waals surface area contributed by atoms with Crippen molar-refractivity contribution in [1.82, 2.24) is 14.9 Å². The van der Waals surface area contributed by atoms with Crippen LogP contribution in [-0.4, -0.2) is 34.1 Å². The molecule has 2 heterocycles. The van der Waals surface area contributed by atoms with E-state index in [1.165, 1.54) is 12.1 Å². The molecule has 0 N–H and O–H groups in total. The van der Waals surface area contributed by atoms with E-state index in [2.05, 4.69) is 28.7 Å². The van der Waals surface area contributed by atoms with Crippen LogP contribution in [-0.2, 0) is 17.8 Å². The number of rotatable bonds is 7. The van der Waals surface area contributed by atoms with Gasteiger partial charge in [0, 0.05) is 50.1 Å². The van der Waals surface area contributed by atoms with Crippen molar-refractivity contribution in [2.24, 2.45) is 0 Å². The molecule has 1 aromatic heterocycles. The van der Waals surface area contributed by atoms with Crippen molar-refractivity contribution in [3.8, 4) is 0 Å². The minimum absolute atomic E-state index is 0.202. The summed E-state index contributed by atoms with van der Waals surface area (Å²) in [5.74, 6) is 0.997. The van der Waals surface area contributed by atoms with E-state index < -0.39 is 0 Å². The third-order valence-corrected chi connectivity index (χ3v) is 4.45. The van der Waals surface area contributed by atoms with Crippen LogP contribution in [0.4, 0.5) is 4.39 Å². The lowest BCUT2D eigenvalue weighted by Gasteiger charge is -2.25. The van der Waals surface area contributed by atoms with Crippen LogP contribution in [0.1, 0.15) is 49.6 Å². The zero-order chi connectivity index (χ0) is 17.6. The summed E-state index contributed by atoms with van der Waals surface area (Å²) in [6, 6.07) is 6.71. The van der Waals surface area contributed by atoms with Gasteiger partial charge in [-0.15, -0.1) is 0 Å². The molecule has 1 fully saturated rings. The molecule has 1 saturated heterocycles. The Kier molecular flexibility index (Phi) is 6.10. The van der Waals surface area contributed by atoms with Crippen molar-refractivity contribution in [1.29, 1.82) is 0 Å². The van der Waals surface area contributed by atoms with Crippen LogP contribution in [0, 0.1) is 5.82 Å². The van der Waals surface area contributed by atoms with Gasteiger partial charge in [-0.2, -0.15) is 0 Å². The quantitative estimate of drug-likeness (QED) is 0.764. The van der Waals surface area contributed by atoms with E-state index in [-0.39, 0.29) is 11.9 Å². The summed E-state index contributed by atoms with van der Waals surface area (Å²) in [5, 5.41) is 0. The Balaban J connectivity index is 1.69. The highest BCUT2D eigenvalue weighted by Gasteiger charge is 2.20. The molecule has 1 aliphatic rings. The highest BCUT2D eigenvalue weighted by molar-refractivity contribution is 5.16. The van der Waals surface area contributed by atoms with Crippen LogP contribution >= 0.6 is 0 Å². The lowest BCUT2D eigenvalue weighted by Crippen LogP contribution is -2.31. The van der Waals surface area contributed by atoms with Crippen molar-refractivity contribution in [3.63, 3.8) is 0 Å². The van der Waals surface area contributed by atoms with Gasteiger partial charge in [0.15, 0.2) is 0 Å². The van der Waals surface area contributed by atoms with Gasteiger partial charge < -0.3 is 4.74 Å². The maximum atomic E-state index is 13.2. The Morgan fingerprint density at radius 3 is 2.40 bits per heavy atom. The molecule has 134 valence electrons. The fourth-order valence-electron chi connectivity index (χ4n) is 3.11. The molecule has 0 saturated carbocycles. The summed E-state index contributed by atoms with van der Waals surface area (Å²) < 4.78 is 18.9. The number of ether oxygens (including phenoxy) is 1. The lowest BCUT2D eigenvalue weighted by atomic mass is 10.1. The largest absolute Gasteiger partial charge is 0.377 e. The molecule has 1 atom stereocenters. The average molecular weight is 343 g/mol. The lowest BCUT2D eigenvalue weighted by molar-refractivity contribution is 0.0678. The molecule has 4 nitrogen and oxygen atoms in total. The summed E-state index contributed by atoms with van der Waals surface area (Å²) in [6.07, 6.45) is 6.32. The molecule has 0 bridgehead atoms. The van der Waals surface area contributed by atoms with Gasteiger partial charge in [0.05, 0.1) is 6.10 Å². The van der Waals surface area contributed by atoms with Gasteiger partial charge in [-0.05, 0) is 30.5 Å². The molecular formula is C20H26FN3O. The highest BCUT2D eigenvalue weighted by Crippen LogP contribution is 2.17. The molecule has 0 amide bonds. The predicted molar refractivity (Wildman–Crippen MR) is 95.6 cm³/mol. The summed E-state index contributed by atoms with van der Waals surface area (Å²) in [5.41, 5.74) is 2.18. The molecule has 0 aliphatic carbocycles. The van der Waals surface area contributed by atoms with Gasteiger partial charge in [0.1, 0.15) is 11.6 Å². The zero-order valence-corrected chi connectivity index (χ0v) is 15.0. The topological polar surface area (TPSA) is 38.2 Å². The predicted octanol–water partition coefficient (Wildman–Crippen LogP) is 3.92. The summed E-state index contributed by atoms with van der Waals surface area (Å²) >= 11 is 0. The third-order valence-electron chi connectivity index (χ3n) is 4.45. The minimum Gasteiger partial charge on any atom is -0.377 e. The number of aromatic nitrogens is 2. The van der Waals surface area contributed by atoms with Gasteiger partial charge in [0.2, 0.25) is 0 Å². The first-order chi connectivity index (χ1) is 12.1. The number of hydrogen-bond acceptors (Lipinski definition) is 4. The Morgan fingerprint density at radius 1 is 1.12 bits per heavy atom. The van der Waals surface area contributed by atoms with Crippen molar-refractivity contribution < 1.29 is 9.13 Å². The number of benzene rings is 1. The Labute approximate surface area is 149 Å². The maximum absolute atomic E-state index is 13.2. The van der Waals surface area contributed by atoms with E-state index in [4.69, 9.17) is 4.74 Å². The van der Waals surface area contributed by atoms with E-state index in [0.717, 1.165) is 56.0 Å². The van der Waals surface area contributed by atoms with Gasteiger partial charge in [-0.25, -0.2) is 14.4 Å². The molecule has 3 rings (SSSR count).